The summed E-state index contributed by atoms with van der Waals surface area (Å²) in [7, 11) is 0. The van der Waals surface area contributed by atoms with Gasteiger partial charge in [-0.2, -0.15) is 5.26 Å². The van der Waals surface area contributed by atoms with Crippen LogP contribution in [0.5, 0.6) is 0 Å². The number of hydrogen-bond donors (Lipinski definition) is 2. The van der Waals surface area contributed by atoms with Crippen LogP contribution >= 0.6 is 0 Å². The van der Waals surface area contributed by atoms with Gasteiger partial charge in [-0.05, 0) is 40.5 Å². The number of ether oxygens (including phenoxy) is 2. The molecule has 0 bridgehead atoms. The summed E-state index contributed by atoms with van der Waals surface area (Å²) in [6.07, 6.45) is -1.30. The van der Waals surface area contributed by atoms with E-state index in [0.717, 1.165) is 0 Å². The van der Waals surface area contributed by atoms with E-state index in [1.54, 1.807) is 27.7 Å². The van der Waals surface area contributed by atoms with Crippen LogP contribution in [0.4, 0.5) is 4.79 Å². The Morgan fingerprint density at radius 2 is 2.00 bits per heavy atom. The summed E-state index contributed by atoms with van der Waals surface area (Å²) in [5.41, 5.74) is -0.660. The van der Waals surface area contributed by atoms with Gasteiger partial charge in [-0.1, -0.05) is 0 Å². The molecule has 1 aliphatic carbocycles. The van der Waals surface area contributed by atoms with Gasteiger partial charge in [-0.15, -0.1) is 0 Å². The quantitative estimate of drug-likeness (QED) is 0.761. The Morgan fingerprint density at radius 3 is 2.50 bits per heavy atom. The third kappa shape index (κ3) is 5.19. The molecular formula is C15H24N2O5. The van der Waals surface area contributed by atoms with Gasteiger partial charge in [0.15, 0.2) is 0 Å². The first-order valence-electron chi connectivity index (χ1n) is 7.41. The molecule has 0 aromatic rings. The maximum absolute atomic E-state index is 12.0. The van der Waals surface area contributed by atoms with E-state index >= 15 is 0 Å². The highest BCUT2D eigenvalue weighted by molar-refractivity contribution is 5.75. The first kappa shape index (κ1) is 18.2. The van der Waals surface area contributed by atoms with Crippen molar-refractivity contribution in [2.75, 3.05) is 6.61 Å². The Kier molecular flexibility index (Phi) is 6.18. The van der Waals surface area contributed by atoms with Crippen LogP contribution < -0.4 is 5.32 Å². The average molecular weight is 312 g/mol. The van der Waals surface area contributed by atoms with Gasteiger partial charge in [0, 0.05) is 6.04 Å². The summed E-state index contributed by atoms with van der Waals surface area (Å²) in [6.45, 7) is 7.10. The van der Waals surface area contributed by atoms with E-state index in [2.05, 4.69) is 5.32 Å². The number of hydrogen-bond acceptors (Lipinski definition) is 6. The maximum Gasteiger partial charge on any atom is 0.407 e. The second kappa shape index (κ2) is 7.45. The fourth-order valence-corrected chi connectivity index (χ4v) is 2.45. The predicted octanol–water partition coefficient (Wildman–Crippen LogP) is 1.35. The fraction of sp³-hybridized carbons (Fsp3) is 0.800. The molecule has 1 fully saturated rings. The number of nitrogens with one attached hydrogen (secondary N) is 1. The van der Waals surface area contributed by atoms with Gasteiger partial charge in [-0.25, -0.2) is 4.79 Å². The van der Waals surface area contributed by atoms with E-state index in [1.165, 1.54) is 0 Å². The minimum atomic E-state index is -0.906. The van der Waals surface area contributed by atoms with Gasteiger partial charge >= 0.3 is 12.1 Å². The summed E-state index contributed by atoms with van der Waals surface area (Å²) >= 11 is 0. The SMILES string of the molecule is CCOC(=O)[C@@H]1C[C@@H](O)[C@H](C#N)C[C@H]1NC(=O)OC(C)(C)C. The molecule has 1 amide bonds. The van der Waals surface area contributed by atoms with E-state index in [-0.39, 0.29) is 19.4 Å². The number of amides is 1. The second-order valence-corrected chi connectivity index (χ2v) is 6.39. The normalized spacial score (nSPS) is 28.4. The number of carbonyl (C=O) groups is 2. The highest BCUT2D eigenvalue weighted by Gasteiger charge is 2.42. The predicted molar refractivity (Wildman–Crippen MR) is 77.6 cm³/mol. The molecule has 7 heteroatoms. The standard InChI is InChI=1S/C15H24N2O5/c1-5-21-13(19)10-7-12(18)9(8-16)6-11(10)17-14(20)22-15(2,3)4/h9-12,18H,5-7H2,1-4H3,(H,17,20)/t9-,10+,11+,12+/m0/s1. The van der Waals surface area contributed by atoms with Crippen LogP contribution in [0.15, 0.2) is 0 Å². The molecule has 1 rings (SSSR count). The highest BCUT2D eigenvalue weighted by atomic mass is 16.6. The lowest BCUT2D eigenvalue weighted by molar-refractivity contribution is -0.152. The van der Waals surface area contributed by atoms with Gasteiger partial charge in [-0.3, -0.25) is 4.79 Å². The van der Waals surface area contributed by atoms with Crippen LogP contribution in [0.1, 0.15) is 40.5 Å². The summed E-state index contributed by atoms with van der Waals surface area (Å²) in [5, 5.41) is 21.6. The van der Waals surface area contributed by atoms with E-state index in [1.807, 2.05) is 6.07 Å². The summed E-state index contributed by atoms with van der Waals surface area (Å²) in [6, 6.07) is 1.41. The minimum absolute atomic E-state index is 0.0809. The van der Waals surface area contributed by atoms with Crippen molar-refractivity contribution in [3.63, 3.8) is 0 Å². The molecule has 0 unspecified atom stereocenters. The van der Waals surface area contributed by atoms with Crippen molar-refractivity contribution >= 4 is 12.1 Å². The summed E-state index contributed by atoms with van der Waals surface area (Å²) in [5.74, 6) is -1.81. The molecule has 22 heavy (non-hydrogen) atoms. The number of alkyl carbamates (subject to hydrolysis) is 1. The molecule has 0 heterocycles. The lowest BCUT2D eigenvalue weighted by atomic mass is 9.77. The number of aliphatic hydroxyl groups excluding tert-OH is 1. The lowest BCUT2D eigenvalue weighted by Crippen LogP contribution is -2.51. The van der Waals surface area contributed by atoms with Crippen molar-refractivity contribution in [1.29, 1.82) is 5.26 Å². The minimum Gasteiger partial charge on any atom is -0.466 e. The fourth-order valence-electron chi connectivity index (χ4n) is 2.45. The molecule has 124 valence electrons. The molecule has 0 aliphatic heterocycles. The van der Waals surface area contributed by atoms with E-state index in [4.69, 9.17) is 14.7 Å². The van der Waals surface area contributed by atoms with Crippen LogP contribution in [-0.4, -0.2) is 41.5 Å². The Balaban J connectivity index is 2.82. The molecule has 1 saturated carbocycles. The monoisotopic (exact) mass is 312 g/mol. The number of nitriles is 1. The van der Waals surface area contributed by atoms with Crippen molar-refractivity contribution in [3.05, 3.63) is 0 Å². The molecule has 0 radical (unpaired) electrons. The third-order valence-electron chi connectivity index (χ3n) is 3.41. The third-order valence-corrected chi connectivity index (χ3v) is 3.41. The van der Waals surface area contributed by atoms with Crippen LogP contribution in [0, 0.1) is 23.2 Å². The van der Waals surface area contributed by atoms with Crippen molar-refractivity contribution in [2.45, 2.75) is 58.3 Å². The highest BCUT2D eigenvalue weighted by Crippen LogP contribution is 2.30. The molecule has 0 aromatic heterocycles. The average Bonchev–Trinajstić information content (AvgIpc) is 2.38. The molecule has 7 nitrogen and oxygen atoms in total. The van der Waals surface area contributed by atoms with E-state index in [9.17, 15) is 14.7 Å². The van der Waals surface area contributed by atoms with Crippen LogP contribution in [-0.2, 0) is 14.3 Å². The summed E-state index contributed by atoms with van der Waals surface area (Å²) in [4.78, 5) is 23.9. The van der Waals surface area contributed by atoms with Crippen molar-refractivity contribution < 1.29 is 24.2 Å². The van der Waals surface area contributed by atoms with Crippen molar-refractivity contribution in [1.82, 2.24) is 5.32 Å². The van der Waals surface area contributed by atoms with Gasteiger partial charge < -0.3 is 19.9 Å². The molecule has 0 aromatic carbocycles. The molecule has 1 aliphatic rings. The Morgan fingerprint density at radius 1 is 1.36 bits per heavy atom. The van der Waals surface area contributed by atoms with Gasteiger partial charge in [0.1, 0.15) is 5.60 Å². The van der Waals surface area contributed by atoms with E-state index < -0.39 is 41.6 Å². The van der Waals surface area contributed by atoms with Crippen LogP contribution in [0.25, 0.3) is 0 Å². The molecule has 2 N–H and O–H groups in total. The van der Waals surface area contributed by atoms with Gasteiger partial charge in [0.25, 0.3) is 0 Å². The first-order valence-corrected chi connectivity index (χ1v) is 7.41. The Hall–Kier alpha value is -1.81. The van der Waals surface area contributed by atoms with Crippen LogP contribution in [0.2, 0.25) is 0 Å². The molecular weight excluding hydrogens is 288 g/mol. The zero-order chi connectivity index (χ0) is 16.9. The number of esters is 1. The lowest BCUT2D eigenvalue weighted by Gasteiger charge is -2.36. The molecule has 0 spiro atoms. The topological polar surface area (TPSA) is 109 Å². The number of aliphatic hydroxyl groups is 1. The van der Waals surface area contributed by atoms with Crippen molar-refractivity contribution in [3.8, 4) is 6.07 Å². The maximum atomic E-state index is 12.0. The zero-order valence-corrected chi connectivity index (χ0v) is 13.5. The number of rotatable bonds is 3. The Bertz CT molecular complexity index is 452. The first-order chi connectivity index (χ1) is 10.2. The van der Waals surface area contributed by atoms with Gasteiger partial charge in [0.05, 0.1) is 30.6 Å². The van der Waals surface area contributed by atoms with E-state index in [0.29, 0.717) is 0 Å². The number of carbonyl (C=O) groups excluding carboxylic acids is 2. The summed E-state index contributed by atoms with van der Waals surface area (Å²) < 4.78 is 10.2. The molecule has 0 saturated heterocycles. The van der Waals surface area contributed by atoms with Crippen LogP contribution in [0.3, 0.4) is 0 Å². The second-order valence-electron chi connectivity index (χ2n) is 6.39. The Labute approximate surface area is 130 Å². The number of nitrogens with zero attached hydrogens (tertiary/aromatic N) is 1. The largest absolute Gasteiger partial charge is 0.466 e. The van der Waals surface area contributed by atoms with Crippen molar-refractivity contribution in [2.24, 2.45) is 11.8 Å². The molecule has 4 atom stereocenters. The zero-order valence-electron chi connectivity index (χ0n) is 13.5. The van der Waals surface area contributed by atoms with Gasteiger partial charge in [0.2, 0.25) is 0 Å². The smallest absolute Gasteiger partial charge is 0.407 e.